The summed E-state index contributed by atoms with van der Waals surface area (Å²) in [4.78, 5) is 2.46. The molecule has 1 heteroatoms. The van der Waals surface area contributed by atoms with E-state index < -0.39 is 0 Å². The molecule has 0 aliphatic heterocycles. The van der Waals surface area contributed by atoms with Crippen molar-refractivity contribution in [2.45, 2.75) is 53.0 Å². The molecule has 0 atom stereocenters. The van der Waals surface area contributed by atoms with Crippen molar-refractivity contribution in [2.24, 2.45) is 0 Å². The summed E-state index contributed by atoms with van der Waals surface area (Å²) in [6.07, 6.45) is 0. The van der Waals surface area contributed by atoms with E-state index in [2.05, 4.69) is 156 Å². The fourth-order valence-electron chi connectivity index (χ4n) is 6.36. The van der Waals surface area contributed by atoms with Gasteiger partial charge in [-0.3, -0.25) is 0 Å². The standard InChI is InChI=1S/C38H37N/c1-25(2)39(37-23-30(17-16-26(37)3)28-12-8-7-9-13-28)31-20-18-29(19-21-31)33-24-34-32-14-10-11-15-35(32)38(5,6)36(34)22-27(33)4/h7-25H,1-6H3. The predicted octanol–water partition coefficient (Wildman–Crippen LogP) is 10.5. The first-order chi connectivity index (χ1) is 18.8. The van der Waals surface area contributed by atoms with Crippen LogP contribution in [-0.4, -0.2) is 6.04 Å². The van der Waals surface area contributed by atoms with Gasteiger partial charge in [0.2, 0.25) is 0 Å². The zero-order valence-corrected chi connectivity index (χ0v) is 23.9. The number of benzene rings is 5. The second-order valence-corrected chi connectivity index (χ2v) is 11.8. The number of anilines is 2. The van der Waals surface area contributed by atoms with E-state index in [0.29, 0.717) is 6.04 Å². The lowest BCUT2D eigenvalue weighted by atomic mass is 9.81. The molecule has 1 aliphatic rings. The summed E-state index contributed by atoms with van der Waals surface area (Å²) in [6.45, 7) is 13.7. The normalized spacial score (nSPS) is 13.3. The minimum atomic E-state index is 0.0307. The van der Waals surface area contributed by atoms with Crippen molar-refractivity contribution in [3.05, 3.63) is 131 Å². The topological polar surface area (TPSA) is 3.24 Å². The molecule has 0 N–H and O–H groups in total. The van der Waals surface area contributed by atoms with Gasteiger partial charge >= 0.3 is 0 Å². The highest BCUT2D eigenvalue weighted by Crippen LogP contribution is 2.50. The number of nitrogens with zero attached hydrogens (tertiary/aromatic N) is 1. The van der Waals surface area contributed by atoms with Gasteiger partial charge < -0.3 is 4.90 Å². The molecule has 0 fully saturated rings. The van der Waals surface area contributed by atoms with Crippen LogP contribution in [0.15, 0.2) is 109 Å². The van der Waals surface area contributed by atoms with Gasteiger partial charge in [0.05, 0.1) is 0 Å². The molecule has 39 heavy (non-hydrogen) atoms. The van der Waals surface area contributed by atoms with E-state index in [1.165, 1.54) is 67.0 Å². The van der Waals surface area contributed by atoms with Crippen molar-refractivity contribution in [2.75, 3.05) is 4.90 Å². The molecule has 0 heterocycles. The second kappa shape index (κ2) is 9.58. The Labute approximate surface area is 233 Å². The van der Waals surface area contributed by atoms with Crippen LogP contribution in [-0.2, 0) is 5.41 Å². The van der Waals surface area contributed by atoms with Crippen LogP contribution in [0, 0.1) is 13.8 Å². The summed E-state index contributed by atoms with van der Waals surface area (Å²) in [5.41, 5.74) is 15.8. The number of hydrogen-bond acceptors (Lipinski definition) is 1. The molecule has 0 saturated heterocycles. The van der Waals surface area contributed by atoms with Gasteiger partial charge in [0.1, 0.15) is 0 Å². The average molecular weight is 508 g/mol. The molecular formula is C38H37N. The molecule has 194 valence electrons. The lowest BCUT2D eigenvalue weighted by molar-refractivity contribution is 0.660. The van der Waals surface area contributed by atoms with Gasteiger partial charge in [0, 0.05) is 22.8 Å². The molecule has 0 unspecified atom stereocenters. The van der Waals surface area contributed by atoms with Crippen LogP contribution < -0.4 is 4.90 Å². The number of aryl methyl sites for hydroxylation is 2. The molecule has 1 nitrogen and oxygen atoms in total. The predicted molar refractivity (Wildman–Crippen MR) is 168 cm³/mol. The van der Waals surface area contributed by atoms with Gasteiger partial charge in [-0.25, -0.2) is 0 Å². The van der Waals surface area contributed by atoms with Crippen LogP contribution in [0.4, 0.5) is 11.4 Å². The minimum absolute atomic E-state index is 0.0307. The highest BCUT2D eigenvalue weighted by Gasteiger charge is 2.35. The van der Waals surface area contributed by atoms with Crippen molar-refractivity contribution < 1.29 is 0 Å². The SMILES string of the molecule is Cc1cc2c(cc1-c1ccc(N(c3cc(-c4ccccc4)ccc3C)C(C)C)cc1)-c1ccccc1C2(C)C. The van der Waals surface area contributed by atoms with E-state index in [9.17, 15) is 0 Å². The quantitative estimate of drug-likeness (QED) is 0.229. The summed E-state index contributed by atoms with van der Waals surface area (Å²) >= 11 is 0. The molecule has 5 aromatic carbocycles. The van der Waals surface area contributed by atoms with Crippen molar-refractivity contribution in [3.63, 3.8) is 0 Å². The Morgan fingerprint density at radius 2 is 1.21 bits per heavy atom. The lowest BCUT2D eigenvalue weighted by Gasteiger charge is -2.31. The van der Waals surface area contributed by atoms with Gasteiger partial charge in [0.15, 0.2) is 0 Å². The second-order valence-electron chi connectivity index (χ2n) is 11.8. The zero-order valence-electron chi connectivity index (χ0n) is 23.9. The van der Waals surface area contributed by atoms with E-state index in [4.69, 9.17) is 0 Å². The summed E-state index contributed by atoms with van der Waals surface area (Å²) in [6, 6.07) is 40.7. The Morgan fingerprint density at radius 3 is 1.92 bits per heavy atom. The first-order valence-corrected chi connectivity index (χ1v) is 14.1. The molecule has 0 bridgehead atoms. The van der Waals surface area contributed by atoms with Crippen LogP contribution in [0.5, 0.6) is 0 Å². The van der Waals surface area contributed by atoms with Crippen LogP contribution in [0.2, 0.25) is 0 Å². The maximum atomic E-state index is 2.46. The Morgan fingerprint density at radius 1 is 0.538 bits per heavy atom. The summed E-state index contributed by atoms with van der Waals surface area (Å²) in [5, 5.41) is 0. The van der Waals surface area contributed by atoms with Gasteiger partial charge in [0.25, 0.3) is 0 Å². The van der Waals surface area contributed by atoms with Crippen LogP contribution in [0.25, 0.3) is 33.4 Å². The molecule has 0 radical (unpaired) electrons. The van der Waals surface area contributed by atoms with Crippen LogP contribution in [0.3, 0.4) is 0 Å². The largest absolute Gasteiger partial charge is 0.339 e. The molecule has 0 amide bonds. The summed E-state index contributed by atoms with van der Waals surface area (Å²) < 4.78 is 0. The highest BCUT2D eigenvalue weighted by molar-refractivity contribution is 5.86. The number of fused-ring (bicyclic) bond motifs is 3. The smallest absolute Gasteiger partial charge is 0.0449 e. The van der Waals surface area contributed by atoms with E-state index >= 15 is 0 Å². The van der Waals surface area contributed by atoms with E-state index in [0.717, 1.165) is 0 Å². The molecule has 6 rings (SSSR count). The third-order valence-corrected chi connectivity index (χ3v) is 8.48. The molecule has 0 saturated carbocycles. The third kappa shape index (κ3) is 4.27. The zero-order chi connectivity index (χ0) is 27.3. The van der Waals surface area contributed by atoms with Crippen molar-refractivity contribution >= 4 is 11.4 Å². The summed E-state index contributed by atoms with van der Waals surface area (Å²) in [7, 11) is 0. The average Bonchev–Trinajstić information content (AvgIpc) is 3.16. The van der Waals surface area contributed by atoms with E-state index in [1.54, 1.807) is 0 Å². The number of hydrogen-bond donors (Lipinski definition) is 0. The molecule has 0 aromatic heterocycles. The fraction of sp³-hybridized carbons (Fsp3) is 0.211. The highest BCUT2D eigenvalue weighted by atomic mass is 15.2. The third-order valence-electron chi connectivity index (χ3n) is 8.48. The first kappa shape index (κ1) is 25.2. The Kier molecular flexibility index (Phi) is 6.19. The first-order valence-electron chi connectivity index (χ1n) is 14.1. The minimum Gasteiger partial charge on any atom is -0.339 e. The Bertz CT molecular complexity index is 1660. The molecular weight excluding hydrogens is 470 g/mol. The van der Waals surface area contributed by atoms with Crippen molar-refractivity contribution in [1.82, 2.24) is 0 Å². The van der Waals surface area contributed by atoms with Gasteiger partial charge in [-0.2, -0.15) is 0 Å². The van der Waals surface area contributed by atoms with Crippen molar-refractivity contribution in [1.29, 1.82) is 0 Å². The monoisotopic (exact) mass is 507 g/mol. The maximum Gasteiger partial charge on any atom is 0.0449 e. The van der Waals surface area contributed by atoms with Crippen molar-refractivity contribution in [3.8, 4) is 33.4 Å². The van der Waals surface area contributed by atoms with Gasteiger partial charge in [-0.05, 0) is 108 Å². The van der Waals surface area contributed by atoms with E-state index in [-0.39, 0.29) is 5.41 Å². The molecule has 0 spiro atoms. The maximum absolute atomic E-state index is 2.46. The van der Waals surface area contributed by atoms with Gasteiger partial charge in [-0.15, -0.1) is 0 Å². The Balaban J connectivity index is 1.39. The van der Waals surface area contributed by atoms with Crippen LogP contribution in [0.1, 0.15) is 49.9 Å². The lowest BCUT2D eigenvalue weighted by Crippen LogP contribution is -2.26. The molecule has 5 aromatic rings. The molecule has 1 aliphatic carbocycles. The summed E-state index contributed by atoms with van der Waals surface area (Å²) in [5.74, 6) is 0. The van der Waals surface area contributed by atoms with Gasteiger partial charge in [-0.1, -0.05) is 98.8 Å². The number of rotatable bonds is 5. The van der Waals surface area contributed by atoms with Crippen LogP contribution >= 0.6 is 0 Å². The van der Waals surface area contributed by atoms with E-state index in [1.807, 2.05) is 0 Å². The Hall–Kier alpha value is -4.10. The fourth-order valence-corrected chi connectivity index (χ4v) is 6.36.